The van der Waals surface area contributed by atoms with Crippen molar-refractivity contribution < 1.29 is 13.9 Å². The van der Waals surface area contributed by atoms with Gasteiger partial charge in [0.2, 0.25) is 0 Å². The number of aryl methyl sites for hydroxylation is 1. The van der Waals surface area contributed by atoms with Gasteiger partial charge in [0, 0.05) is 19.3 Å². The molecule has 3 rings (SSSR count). The van der Waals surface area contributed by atoms with E-state index in [2.05, 4.69) is 36.4 Å². The summed E-state index contributed by atoms with van der Waals surface area (Å²) in [6.45, 7) is 4.64. The lowest BCUT2D eigenvalue weighted by atomic mass is 9.99. The minimum atomic E-state index is -0.340. The molecule has 1 aromatic carbocycles. The number of ether oxygens (including phenoxy) is 1. The lowest BCUT2D eigenvalue weighted by molar-refractivity contribution is 0.0992. The zero-order chi connectivity index (χ0) is 18.5. The highest BCUT2D eigenvalue weighted by molar-refractivity contribution is 6.01. The summed E-state index contributed by atoms with van der Waals surface area (Å²) in [7, 11) is 1.79. The minimum absolute atomic E-state index is 0.223. The number of hydrogen-bond donors (Lipinski definition) is 1. The number of nitrogens with one attached hydrogen (secondary N) is 1. The molecule has 0 aliphatic rings. The summed E-state index contributed by atoms with van der Waals surface area (Å²) in [4.78, 5) is 12.1. The quantitative estimate of drug-likeness (QED) is 0.685. The van der Waals surface area contributed by atoms with Gasteiger partial charge < -0.3 is 14.5 Å². The third-order valence-electron chi connectivity index (χ3n) is 4.28. The molecular weight excluding hydrogens is 330 g/mol. The van der Waals surface area contributed by atoms with Gasteiger partial charge in [-0.05, 0) is 42.2 Å². The van der Waals surface area contributed by atoms with E-state index in [0.717, 1.165) is 12.2 Å². The van der Waals surface area contributed by atoms with Crippen molar-refractivity contribution in [1.82, 2.24) is 9.78 Å². The Morgan fingerprint density at radius 3 is 2.65 bits per heavy atom. The van der Waals surface area contributed by atoms with E-state index in [4.69, 9.17) is 9.15 Å². The summed E-state index contributed by atoms with van der Waals surface area (Å²) in [6.07, 6.45) is 2.86. The van der Waals surface area contributed by atoms with Crippen LogP contribution in [0.25, 0.3) is 0 Å². The molecule has 6 nitrogen and oxygen atoms in total. The van der Waals surface area contributed by atoms with Crippen molar-refractivity contribution in [3.63, 3.8) is 0 Å². The molecule has 2 aromatic heterocycles. The van der Waals surface area contributed by atoms with Crippen LogP contribution in [-0.2, 0) is 13.7 Å². The van der Waals surface area contributed by atoms with Crippen molar-refractivity contribution in [1.29, 1.82) is 0 Å². The maximum Gasteiger partial charge on any atom is 0.292 e. The number of nitrogens with zero attached hydrogens (tertiary/aromatic N) is 2. The van der Waals surface area contributed by atoms with Gasteiger partial charge in [0.05, 0.1) is 0 Å². The van der Waals surface area contributed by atoms with Crippen LogP contribution in [0, 0.1) is 0 Å². The van der Waals surface area contributed by atoms with E-state index < -0.39 is 0 Å². The van der Waals surface area contributed by atoms with E-state index in [1.165, 1.54) is 5.56 Å². The van der Waals surface area contributed by atoms with Crippen molar-refractivity contribution >= 4 is 11.7 Å². The number of amides is 1. The normalized spacial score (nSPS) is 12.0. The van der Waals surface area contributed by atoms with Crippen LogP contribution >= 0.6 is 0 Å². The fourth-order valence-corrected chi connectivity index (χ4v) is 2.52. The Balaban J connectivity index is 1.55. The van der Waals surface area contributed by atoms with Gasteiger partial charge in [-0.25, -0.2) is 0 Å². The SMILES string of the molecule is CCC(C)c1ccc(OCc2ccc(C(=O)Nc3ccn(C)n3)o2)cc1. The van der Waals surface area contributed by atoms with E-state index in [1.807, 2.05) is 12.1 Å². The van der Waals surface area contributed by atoms with Crippen molar-refractivity contribution in [2.45, 2.75) is 32.8 Å². The number of aromatic nitrogens is 2. The lowest BCUT2D eigenvalue weighted by Gasteiger charge is -2.10. The number of furan rings is 1. The monoisotopic (exact) mass is 353 g/mol. The van der Waals surface area contributed by atoms with E-state index in [9.17, 15) is 4.79 Å². The van der Waals surface area contributed by atoms with E-state index in [1.54, 1.807) is 36.1 Å². The highest BCUT2D eigenvalue weighted by Gasteiger charge is 2.13. The van der Waals surface area contributed by atoms with E-state index >= 15 is 0 Å². The Morgan fingerprint density at radius 1 is 1.23 bits per heavy atom. The summed E-state index contributed by atoms with van der Waals surface area (Å²) >= 11 is 0. The predicted molar refractivity (Wildman–Crippen MR) is 99.3 cm³/mol. The van der Waals surface area contributed by atoms with Gasteiger partial charge in [0.25, 0.3) is 5.91 Å². The molecule has 3 aromatic rings. The Labute approximate surface area is 152 Å². The minimum Gasteiger partial charge on any atom is -0.486 e. The first-order valence-corrected chi connectivity index (χ1v) is 8.67. The Hall–Kier alpha value is -3.02. The van der Waals surface area contributed by atoms with Crippen LogP contribution < -0.4 is 10.1 Å². The van der Waals surface area contributed by atoms with Gasteiger partial charge in [-0.2, -0.15) is 5.10 Å². The van der Waals surface area contributed by atoms with Crippen LogP contribution in [0.2, 0.25) is 0 Å². The van der Waals surface area contributed by atoms with Crippen LogP contribution in [-0.4, -0.2) is 15.7 Å². The first-order chi connectivity index (χ1) is 12.5. The topological polar surface area (TPSA) is 69.3 Å². The van der Waals surface area contributed by atoms with Crippen LogP contribution in [0.1, 0.15) is 48.1 Å². The second kappa shape index (κ2) is 7.91. The average Bonchev–Trinajstić information content (AvgIpc) is 3.29. The Bertz CT molecular complexity index is 865. The molecule has 136 valence electrons. The van der Waals surface area contributed by atoms with Crippen LogP contribution in [0.15, 0.2) is 53.1 Å². The van der Waals surface area contributed by atoms with Crippen LogP contribution in [0.5, 0.6) is 5.75 Å². The van der Waals surface area contributed by atoms with Gasteiger partial charge in [-0.3, -0.25) is 9.48 Å². The van der Waals surface area contributed by atoms with Gasteiger partial charge in [-0.15, -0.1) is 0 Å². The third kappa shape index (κ3) is 4.33. The van der Waals surface area contributed by atoms with Crippen molar-refractivity contribution in [3.05, 3.63) is 65.7 Å². The maximum atomic E-state index is 12.1. The highest BCUT2D eigenvalue weighted by Crippen LogP contribution is 2.22. The molecule has 2 heterocycles. The Kier molecular flexibility index (Phi) is 5.41. The summed E-state index contributed by atoms with van der Waals surface area (Å²) in [5, 5.41) is 6.79. The largest absolute Gasteiger partial charge is 0.486 e. The molecule has 1 amide bonds. The molecule has 0 saturated heterocycles. The first kappa shape index (κ1) is 17.8. The molecule has 6 heteroatoms. The number of benzene rings is 1. The molecule has 0 bridgehead atoms. The average molecular weight is 353 g/mol. The predicted octanol–water partition coefficient (Wildman–Crippen LogP) is 4.36. The fourth-order valence-electron chi connectivity index (χ4n) is 2.52. The molecule has 0 radical (unpaired) electrons. The molecule has 0 aliphatic heterocycles. The molecule has 0 fully saturated rings. The van der Waals surface area contributed by atoms with Gasteiger partial charge in [-0.1, -0.05) is 26.0 Å². The van der Waals surface area contributed by atoms with Crippen LogP contribution in [0.4, 0.5) is 5.82 Å². The number of carbonyl (C=O) groups excluding carboxylic acids is 1. The highest BCUT2D eigenvalue weighted by atomic mass is 16.5. The van der Waals surface area contributed by atoms with Crippen molar-refractivity contribution in [3.8, 4) is 5.75 Å². The number of carbonyl (C=O) groups is 1. The van der Waals surface area contributed by atoms with Gasteiger partial charge in [0.15, 0.2) is 11.6 Å². The Morgan fingerprint density at radius 2 is 2.00 bits per heavy atom. The van der Waals surface area contributed by atoms with Gasteiger partial charge >= 0.3 is 0 Å². The van der Waals surface area contributed by atoms with Crippen molar-refractivity contribution in [2.75, 3.05) is 5.32 Å². The summed E-state index contributed by atoms with van der Waals surface area (Å²) in [6, 6.07) is 13.2. The molecule has 26 heavy (non-hydrogen) atoms. The molecular formula is C20H23N3O3. The molecule has 0 saturated carbocycles. The standard InChI is InChI=1S/C20H23N3O3/c1-4-14(2)15-5-7-16(8-6-15)25-13-17-9-10-18(26-17)20(24)21-19-11-12-23(3)22-19/h5-12,14H,4,13H2,1-3H3,(H,21,22,24). The van der Waals surface area contributed by atoms with Gasteiger partial charge in [0.1, 0.15) is 18.1 Å². The summed E-state index contributed by atoms with van der Waals surface area (Å²) < 4.78 is 12.9. The number of anilines is 1. The molecule has 1 unspecified atom stereocenters. The molecule has 0 spiro atoms. The maximum absolute atomic E-state index is 12.1. The zero-order valence-electron chi connectivity index (χ0n) is 15.2. The van der Waals surface area contributed by atoms with E-state index in [-0.39, 0.29) is 18.3 Å². The number of rotatable bonds is 7. The molecule has 0 aliphatic carbocycles. The molecule has 1 atom stereocenters. The second-order valence-electron chi connectivity index (χ2n) is 6.26. The number of hydrogen-bond acceptors (Lipinski definition) is 4. The van der Waals surface area contributed by atoms with Crippen LogP contribution in [0.3, 0.4) is 0 Å². The van der Waals surface area contributed by atoms with E-state index in [0.29, 0.717) is 17.5 Å². The zero-order valence-corrected chi connectivity index (χ0v) is 15.2. The lowest BCUT2D eigenvalue weighted by Crippen LogP contribution is -2.11. The van der Waals surface area contributed by atoms with Crippen molar-refractivity contribution in [2.24, 2.45) is 7.05 Å². The summed E-state index contributed by atoms with van der Waals surface area (Å²) in [5.41, 5.74) is 1.30. The third-order valence-corrected chi connectivity index (χ3v) is 4.28. The smallest absolute Gasteiger partial charge is 0.292 e. The molecule has 1 N–H and O–H groups in total. The first-order valence-electron chi connectivity index (χ1n) is 8.67. The fraction of sp³-hybridized carbons (Fsp3) is 0.300. The second-order valence-corrected chi connectivity index (χ2v) is 6.26. The summed E-state index contributed by atoms with van der Waals surface area (Å²) in [5.74, 6) is 2.26.